The van der Waals surface area contributed by atoms with E-state index in [1.54, 1.807) is 20.8 Å². The average Bonchev–Trinajstić information content (AvgIpc) is 2.66. The molecule has 168 valence electrons. The molecule has 0 aliphatic rings. The van der Waals surface area contributed by atoms with Crippen LogP contribution in [0.2, 0.25) is 0 Å². The zero-order valence-electron chi connectivity index (χ0n) is 17.6. The van der Waals surface area contributed by atoms with Crippen molar-refractivity contribution >= 4 is 28.0 Å². The number of ether oxygens (including phenoxy) is 1. The molecule has 4 N–H and O–H groups in total. The van der Waals surface area contributed by atoms with E-state index in [1.165, 1.54) is 24.3 Å². The summed E-state index contributed by atoms with van der Waals surface area (Å²) in [6, 6.07) is 15.3. The minimum Gasteiger partial charge on any atom is -0.444 e. The highest BCUT2D eigenvalue weighted by Crippen LogP contribution is 2.20. The number of rotatable bonds is 8. The molecule has 0 radical (unpaired) electrons. The first kappa shape index (κ1) is 24.2. The third-order valence-electron chi connectivity index (χ3n) is 4.04. The molecule has 0 heterocycles. The van der Waals surface area contributed by atoms with Crippen LogP contribution in [0.1, 0.15) is 37.8 Å². The van der Waals surface area contributed by atoms with E-state index in [-0.39, 0.29) is 18.1 Å². The maximum absolute atomic E-state index is 12.9. The fourth-order valence-electron chi connectivity index (χ4n) is 2.70. The van der Waals surface area contributed by atoms with Crippen LogP contribution in [0.15, 0.2) is 54.6 Å². The normalized spacial score (nSPS) is 12.5. The molecule has 0 aromatic heterocycles. The van der Waals surface area contributed by atoms with Crippen LogP contribution < -0.4 is 15.4 Å². The van der Waals surface area contributed by atoms with E-state index in [0.29, 0.717) is 12.1 Å². The Balaban J connectivity index is 2.14. The van der Waals surface area contributed by atoms with E-state index in [1.807, 2.05) is 35.1 Å². The van der Waals surface area contributed by atoms with E-state index in [0.717, 1.165) is 5.56 Å². The van der Waals surface area contributed by atoms with Gasteiger partial charge in [0.05, 0.1) is 11.6 Å². The van der Waals surface area contributed by atoms with Crippen LogP contribution in [0.4, 0.5) is 10.5 Å². The van der Waals surface area contributed by atoms with Crippen LogP contribution in [0.3, 0.4) is 0 Å². The lowest BCUT2D eigenvalue weighted by Gasteiger charge is -2.22. The van der Waals surface area contributed by atoms with Gasteiger partial charge >= 0.3 is 16.4 Å². The van der Waals surface area contributed by atoms with Crippen LogP contribution in [0.25, 0.3) is 0 Å². The van der Waals surface area contributed by atoms with Crippen LogP contribution in [0.5, 0.6) is 0 Å². The van der Waals surface area contributed by atoms with Crippen molar-refractivity contribution in [3.63, 3.8) is 0 Å². The molecule has 2 aromatic carbocycles. The average molecular weight is 450 g/mol. The molecule has 0 fully saturated rings. The second kappa shape index (κ2) is 10.3. The summed E-state index contributed by atoms with van der Waals surface area (Å²) < 4.78 is 38.0. The fourth-order valence-corrected chi connectivity index (χ4v) is 3.14. The standard InChI is InChI=1S/C21H27N3O6S/c1-21(2,3)30-20(26)23-14-18(19(25)22-13-15-7-5-4-6-8-15)16-9-11-17(12-10-16)24-31(27,28)29/h4-12,18,24H,13-14H2,1-3H3,(H,22,25)(H,23,26)(H,27,28,29)/t18-/m0/s1. The second-order valence-corrected chi connectivity index (χ2v) is 8.99. The predicted octanol–water partition coefficient (Wildman–Crippen LogP) is 2.83. The third-order valence-corrected chi connectivity index (χ3v) is 4.53. The molecule has 9 nitrogen and oxygen atoms in total. The van der Waals surface area contributed by atoms with Crippen molar-refractivity contribution in [3.8, 4) is 0 Å². The van der Waals surface area contributed by atoms with Crippen molar-refractivity contribution in [2.24, 2.45) is 0 Å². The number of alkyl carbamates (subject to hydrolysis) is 1. The first-order chi connectivity index (χ1) is 14.4. The molecule has 0 saturated carbocycles. The molecule has 0 aliphatic carbocycles. The Morgan fingerprint density at radius 2 is 1.61 bits per heavy atom. The van der Waals surface area contributed by atoms with Crippen molar-refractivity contribution in [3.05, 3.63) is 65.7 Å². The maximum atomic E-state index is 12.9. The second-order valence-electron chi connectivity index (χ2n) is 7.84. The first-order valence-corrected chi connectivity index (χ1v) is 11.0. The summed E-state index contributed by atoms with van der Waals surface area (Å²) in [4.78, 5) is 24.9. The Labute approximate surface area is 182 Å². The van der Waals surface area contributed by atoms with Gasteiger partial charge in [-0.3, -0.25) is 14.1 Å². The minimum absolute atomic E-state index is 0.0272. The zero-order chi connectivity index (χ0) is 23.1. The smallest absolute Gasteiger partial charge is 0.407 e. The number of nitrogens with one attached hydrogen (secondary N) is 3. The third kappa shape index (κ3) is 9.06. The van der Waals surface area contributed by atoms with E-state index in [2.05, 4.69) is 10.6 Å². The zero-order valence-corrected chi connectivity index (χ0v) is 18.4. The summed E-state index contributed by atoms with van der Waals surface area (Å²) in [5, 5.41) is 5.44. The van der Waals surface area contributed by atoms with Gasteiger partial charge in [-0.2, -0.15) is 8.42 Å². The number of benzene rings is 2. The molecule has 1 atom stereocenters. The Bertz CT molecular complexity index is 986. The number of carbonyl (C=O) groups excluding carboxylic acids is 2. The largest absolute Gasteiger partial charge is 0.444 e. The summed E-state index contributed by atoms with van der Waals surface area (Å²) in [5.74, 6) is -1.08. The predicted molar refractivity (Wildman–Crippen MR) is 117 cm³/mol. The summed E-state index contributed by atoms with van der Waals surface area (Å²) in [7, 11) is -4.41. The van der Waals surface area contributed by atoms with Crippen molar-refractivity contribution in [2.75, 3.05) is 11.3 Å². The topological polar surface area (TPSA) is 134 Å². The number of hydrogen-bond acceptors (Lipinski definition) is 5. The Morgan fingerprint density at radius 1 is 1.00 bits per heavy atom. The number of amides is 2. The van der Waals surface area contributed by atoms with E-state index in [4.69, 9.17) is 9.29 Å². The molecule has 2 amide bonds. The highest BCUT2D eigenvalue weighted by molar-refractivity contribution is 7.87. The first-order valence-electron chi connectivity index (χ1n) is 9.56. The molecular weight excluding hydrogens is 422 g/mol. The molecule has 10 heteroatoms. The van der Waals surface area contributed by atoms with Gasteiger partial charge < -0.3 is 15.4 Å². The van der Waals surface area contributed by atoms with Crippen molar-refractivity contribution < 1.29 is 27.3 Å². The van der Waals surface area contributed by atoms with Gasteiger partial charge in [-0.15, -0.1) is 0 Å². The number of anilines is 1. The maximum Gasteiger partial charge on any atom is 0.407 e. The highest BCUT2D eigenvalue weighted by atomic mass is 32.2. The summed E-state index contributed by atoms with van der Waals surface area (Å²) in [6.45, 7) is 5.48. The number of hydrogen-bond donors (Lipinski definition) is 4. The lowest BCUT2D eigenvalue weighted by Crippen LogP contribution is -2.39. The van der Waals surface area contributed by atoms with Gasteiger partial charge in [0.25, 0.3) is 0 Å². The van der Waals surface area contributed by atoms with Gasteiger partial charge in [0.2, 0.25) is 5.91 Å². The monoisotopic (exact) mass is 449 g/mol. The highest BCUT2D eigenvalue weighted by Gasteiger charge is 2.23. The Kier molecular flexibility index (Phi) is 8.01. The lowest BCUT2D eigenvalue weighted by atomic mass is 9.97. The van der Waals surface area contributed by atoms with E-state index in [9.17, 15) is 18.0 Å². The van der Waals surface area contributed by atoms with Crippen molar-refractivity contribution in [1.29, 1.82) is 0 Å². The van der Waals surface area contributed by atoms with Crippen LogP contribution >= 0.6 is 0 Å². The summed E-state index contributed by atoms with van der Waals surface area (Å²) in [6.07, 6.45) is -0.655. The Hall–Kier alpha value is -3.11. The molecule has 0 spiro atoms. The van der Waals surface area contributed by atoms with Crippen LogP contribution in [-0.4, -0.2) is 37.1 Å². The van der Waals surface area contributed by atoms with Gasteiger partial charge in [-0.25, -0.2) is 4.79 Å². The van der Waals surface area contributed by atoms with E-state index < -0.39 is 27.9 Å². The fraction of sp³-hybridized carbons (Fsp3) is 0.333. The molecule has 2 aromatic rings. The van der Waals surface area contributed by atoms with Gasteiger partial charge in [0.1, 0.15) is 5.60 Å². The molecular formula is C21H27N3O6S. The van der Waals surface area contributed by atoms with Crippen molar-refractivity contribution in [1.82, 2.24) is 10.6 Å². The van der Waals surface area contributed by atoms with Gasteiger partial charge in [-0.1, -0.05) is 42.5 Å². The SMILES string of the molecule is CC(C)(C)OC(=O)NC[C@H](C(=O)NCc1ccccc1)c1ccc(NS(=O)(=O)O)cc1. The summed E-state index contributed by atoms with van der Waals surface area (Å²) in [5.41, 5.74) is 0.915. The van der Waals surface area contributed by atoms with Crippen LogP contribution in [0, 0.1) is 0 Å². The summed E-state index contributed by atoms with van der Waals surface area (Å²) >= 11 is 0. The van der Waals surface area contributed by atoms with Gasteiger partial charge in [-0.05, 0) is 44.0 Å². The molecule has 0 saturated heterocycles. The molecule has 0 aliphatic heterocycles. The molecule has 31 heavy (non-hydrogen) atoms. The molecule has 0 unspecified atom stereocenters. The van der Waals surface area contributed by atoms with Crippen LogP contribution in [-0.2, 0) is 26.4 Å². The quantitative estimate of drug-likeness (QED) is 0.458. The van der Waals surface area contributed by atoms with E-state index >= 15 is 0 Å². The molecule has 2 rings (SSSR count). The van der Waals surface area contributed by atoms with Crippen molar-refractivity contribution in [2.45, 2.75) is 38.8 Å². The molecule has 0 bridgehead atoms. The minimum atomic E-state index is -4.41. The Morgan fingerprint density at radius 3 is 2.16 bits per heavy atom. The van der Waals surface area contributed by atoms with Gasteiger partial charge in [0, 0.05) is 13.1 Å². The van der Waals surface area contributed by atoms with Gasteiger partial charge in [0.15, 0.2) is 0 Å². The number of carbonyl (C=O) groups is 2. The lowest BCUT2D eigenvalue weighted by molar-refractivity contribution is -0.122.